The lowest BCUT2D eigenvalue weighted by Gasteiger charge is -2.22. The van der Waals surface area contributed by atoms with E-state index in [1.54, 1.807) is 38.8 Å². The fourth-order valence-corrected chi connectivity index (χ4v) is 5.14. The van der Waals surface area contributed by atoms with Gasteiger partial charge in [-0.25, -0.2) is 4.98 Å². The highest BCUT2D eigenvalue weighted by atomic mass is 16.5. The van der Waals surface area contributed by atoms with E-state index in [9.17, 15) is 14.7 Å². The summed E-state index contributed by atoms with van der Waals surface area (Å²) < 4.78 is 14.8. The van der Waals surface area contributed by atoms with Crippen LogP contribution in [0.15, 0.2) is 35.3 Å². The fourth-order valence-electron chi connectivity index (χ4n) is 5.14. The predicted molar refractivity (Wildman–Crippen MR) is 142 cm³/mol. The zero-order chi connectivity index (χ0) is 26.7. The molecule has 9 heteroatoms. The van der Waals surface area contributed by atoms with Crippen LogP contribution in [0.5, 0.6) is 0 Å². The van der Waals surface area contributed by atoms with Gasteiger partial charge in [-0.3, -0.25) is 14.9 Å². The van der Waals surface area contributed by atoms with Crippen LogP contribution >= 0.6 is 0 Å². The Bertz CT molecular complexity index is 1280. The number of hydrogen-bond acceptors (Lipinski definition) is 7. The molecule has 1 fully saturated rings. The zero-order valence-electron chi connectivity index (χ0n) is 22.4. The summed E-state index contributed by atoms with van der Waals surface area (Å²) in [6.45, 7) is 6.35. The minimum atomic E-state index is -0.883. The van der Waals surface area contributed by atoms with E-state index in [2.05, 4.69) is 16.8 Å². The summed E-state index contributed by atoms with van der Waals surface area (Å²) in [4.78, 5) is 29.9. The minimum Gasteiger partial charge on any atom is -0.461 e. The summed E-state index contributed by atoms with van der Waals surface area (Å²) in [5.74, 6) is 0.346. The first-order valence-corrected chi connectivity index (χ1v) is 13.0. The molecule has 3 atom stereocenters. The SMILES string of the molecule is COC[C@H](C)n1c(-c2cc(C)c(=O)n(C)c2)nc2cc(CN[C@H](C(=O)OC3CCCC3)[C@H](C)O)ccc21. The number of hydrogen-bond donors (Lipinski definition) is 2. The number of fused-ring (bicyclic) bond motifs is 1. The monoisotopic (exact) mass is 510 g/mol. The molecule has 0 bridgehead atoms. The van der Waals surface area contributed by atoms with Crippen LogP contribution in [0.3, 0.4) is 0 Å². The molecule has 3 aromatic rings. The van der Waals surface area contributed by atoms with Gasteiger partial charge in [-0.05, 0) is 70.2 Å². The van der Waals surface area contributed by atoms with E-state index in [1.165, 1.54) is 0 Å². The van der Waals surface area contributed by atoms with Crippen molar-refractivity contribution in [2.24, 2.45) is 7.05 Å². The van der Waals surface area contributed by atoms with Gasteiger partial charge in [-0.2, -0.15) is 0 Å². The first-order valence-electron chi connectivity index (χ1n) is 13.0. The van der Waals surface area contributed by atoms with Gasteiger partial charge >= 0.3 is 5.97 Å². The van der Waals surface area contributed by atoms with Crippen molar-refractivity contribution in [2.45, 2.75) is 77.3 Å². The maximum absolute atomic E-state index is 12.7. The van der Waals surface area contributed by atoms with Crippen LogP contribution in [0.2, 0.25) is 0 Å². The van der Waals surface area contributed by atoms with Crippen molar-refractivity contribution < 1.29 is 19.4 Å². The van der Waals surface area contributed by atoms with Crippen molar-refractivity contribution in [1.82, 2.24) is 19.4 Å². The average Bonchev–Trinajstić information content (AvgIpc) is 3.49. The van der Waals surface area contributed by atoms with Gasteiger partial charge in [0.1, 0.15) is 18.0 Å². The molecular formula is C28H38N4O5. The molecule has 2 N–H and O–H groups in total. The number of aryl methyl sites for hydroxylation is 2. The molecule has 1 aliphatic carbocycles. The Morgan fingerprint density at radius 3 is 2.62 bits per heavy atom. The van der Waals surface area contributed by atoms with Gasteiger partial charge in [0.15, 0.2) is 0 Å². The molecule has 37 heavy (non-hydrogen) atoms. The highest BCUT2D eigenvalue weighted by Gasteiger charge is 2.28. The summed E-state index contributed by atoms with van der Waals surface area (Å²) in [7, 11) is 3.41. The number of nitrogens with one attached hydrogen (secondary N) is 1. The molecule has 1 aromatic carbocycles. The number of aromatic nitrogens is 3. The molecule has 4 rings (SSSR count). The molecule has 0 aliphatic heterocycles. The number of esters is 1. The number of pyridine rings is 1. The Hall–Kier alpha value is -3.01. The van der Waals surface area contributed by atoms with Crippen LogP contribution < -0.4 is 10.9 Å². The van der Waals surface area contributed by atoms with E-state index in [0.717, 1.165) is 53.7 Å². The smallest absolute Gasteiger partial charge is 0.326 e. The first-order chi connectivity index (χ1) is 17.7. The molecule has 0 spiro atoms. The number of carbonyl (C=O) groups is 1. The van der Waals surface area contributed by atoms with Crippen molar-refractivity contribution in [1.29, 1.82) is 0 Å². The summed E-state index contributed by atoms with van der Waals surface area (Å²) in [5, 5.41) is 13.4. The molecule has 200 valence electrons. The van der Waals surface area contributed by atoms with Crippen molar-refractivity contribution in [3.05, 3.63) is 51.9 Å². The third-order valence-corrected chi connectivity index (χ3v) is 7.07. The van der Waals surface area contributed by atoms with Gasteiger partial charge < -0.3 is 23.7 Å². The fraction of sp³-hybridized carbons (Fsp3) is 0.536. The number of ether oxygens (including phenoxy) is 2. The maximum atomic E-state index is 12.7. The van der Waals surface area contributed by atoms with E-state index in [1.807, 2.05) is 24.3 Å². The number of aliphatic hydroxyl groups is 1. The maximum Gasteiger partial charge on any atom is 0.326 e. The number of benzene rings is 1. The Kier molecular flexibility index (Phi) is 8.46. The van der Waals surface area contributed by atoms with Gasteiger partial charge in [0, 0.05) is 38.0 Å². The molecule has 0 radical (unpaired) electrons. The van der Waals surface area contributed by atoms with E-state index in [-0.39, 0.29) is 17.7 Å². The van der Waals surface area contributed by atoms with Gasteiger partial charge in [0.25, 0.3) is 5.56 Å². The first kappa shape index (κ1) is 27.0. The number of imidazole rings is 1. The van der Waals surface area contributed by atoms with Crippen LogP contribution in [0.25, 0.3) is 22.4 Å². The van der Waals surface area contributed by atoms with Gasteiger partial charge in [-0.1, -0.05) is 6.07 Å². The largest absolute Gasteiger partial charge is 0.461 e. The van der Waals surface area contributed by atoms with E-state index < -0.39 is 18.1 Å². The Balaban J connectivity index is 1.62. The van der Waals surface area contributed by atoms with Crippen LogP contribution in [-0.2, 0) is 27.9 Å². The predicted octanol–water partition coefficient (Wildman–Crippen LogP) is 3.24. The second kappa shape index (κ2) is 11.6. The molecule has 1 aliphatic rings. The molecule has 0 amide bonds. The van der Waals surface area contributed by atoms with E-state index in [0.29, 0.717) is 18.7 Å². The normalized spacial score (nSPS) is 16.7. The number of nitrogens with zero attached hydrogens (tertiary/aromatic N) is 3. The second-order valence-electron chi connectivity index (χ2n) is 10.2. The van der Waals surface area contributed by atoms with E-state index in [4.69, 9.17) is 14.5 Å². The van der Waals surface area contributed by atoms with Crippen molar-refractivity contribution in [2.75, 3.05) is 13.7 Å². The third-order valence-electron chi connectivity index (χ3n) is 7.07. The highest BCUT2D eigenvalue weighted by Crippen LogP contribution is 2.29. The zero-order valence-corrected chi connectivity index (χ0v) is 22.4. The molecule has 0 saturated heterocycles. The topological polar surface area (TPSA) is 108 Å². The lowest BCUT2D eigenvalue weighted by atomic mass is 10.1. The summed E-state index contributed by atoms with van der Waals surface area (Å²) in [6.07, 6.45) is 4.78. The summed E-state index contributed by atoms with van der Waals surface area (Å²) in [6, 6.07) is 7.06. The molecule has 0 unspecified atom stereocenters. The summed E-state index contributed by atoms with van der Waals surface area (Å²) in [5.41, 5.74) is 4.13. The molecule has 2 aromatic heterocycles. The van der Waals surface area contributed by atoms with E-state index >= 15 is 0 Å². The second-order valence-corrected chi connectivity index (χ2v) is 10.2. The Labute approximate surface area is 217 Å². The van der Waals surface area contributed by atoms with Gasteiger partial charge in [0.2, 0.25) is 0 Å². The van der Waals surface area contributed by atoms with Crippen molar-refractivity contribution in [3.63, 3.8) is 0 Å². The molecule has 9 nitrogen and oxygen atoms in total. The summed E-state index contributed by atoms with van der Waals surface area (Å²) >= 11 is 0. The Morgan fingerprint density at radius 1 is 1.24 bits per heavy atom. The van der Waals surface area contributed by atoms with Crippen LogP contribution in [0.1, 0.15) is 56.7 Å². The molecule has 2 heterocycles. The number of rotatable bonds is 10. The van der Waals surface area contributed by atoms with Crippen LogP contribution in [0.4, 0.5) is 0 Å². The van der Waals surface area contributed by atoms with Crippen LogP contribution in [0, 0.1) is 6.92 Å². The van der Waals surface area contributed by atoms with Gasteiger partial charge in [-0.15, -0.1) is 0 Å². The number of carbonyl (C=O) groups excluding carboxylic acids is 1. The van der Waals surface area contributed by atoms with Crippen molar-refractivity contribution >= 4 is 17.0 Å². The molecular weight excluding hydrogens is 472 g/mol. The average molecular weight is 511 g/mol. The lowest BCUT2D eigenvalue weighted by molar-refractivity contribution is -0.154. The molecule has 1 saturated carbocycles. The number of methoxy groups -OCH3 is 1. The lowest BCUT2D eigenvalue weighted by Crippen LogP contribution is -2.46. The minimum absolute atomic E-state index is 0.0106. The third kappa shape index (κ3) is 5.95. The Morgan fingerprint density at radius 2 is 1.97 bits per heavy atom. The number of aliphatic hydroxyl groups excluding tert-OH is 1. The quantitative estimate of drug-likeness (QED) is 0.403. The van der Waals surface area contributed by atoms with Gasteiger partial charge in [0.05, 0.1) is 29.8 Å². The standard InChI is InChI=1S/C28H38N4O5/c1-17-12-21(15-31(4)27(17)34)26-30-23-13-20(10-11-24(23)32(26)18(2)16-36-5)14-29-25(19(3)33)28(35)37-22-8-6-7-9-22/h10-13,15,18-19,22,25,29,33H,6-9,14,16H2,1-5H3/t18-,19-,25-/m0/s1. The van der Waals surface area contributed by atoms with Crippen LogP contribution in [-0.4, -0.2) is 57.2 Å². The highest BCUT2D eigenvalue weighted by molar-refractivity contribution is 5.82. The van der Waals surface area contributed by atoms with Crippen molar-refractivity contribution in [3.8, 4) is 11.4 Å².